The molecule has 1 amide bonds. The van der Waals surface area contributed by atoms with Crippen LogP contribution in [-0.4, -0.2) is 37.4 Å². The van der Waals surface area contributed by atoms with E-state index in [0.29, 0.717) is 36.6 Å². The fourth-order valence-electron chi connectivity index (χ4n) is 3.21. The summed E-state index contributed by atoms with van der Waals surface area (Å²) in [6.45, 7) is 4.12. The first-order valence-electron chi connectivity index (χ1n) is 9.29. The SMILES string of the molecule is C=CC(=O)NC1CC(=Nc2ncnc(N)c2-c2cnn(Cc3ccccc3)c2)C1. The molecule has 0 atom stereocenters. The first-order chi connectivity index (χ1) is 14.1. The fourth-order valence-corrected chi connectivity index (χ4v) is 3.21. The molecule has 146 valence electrons. The third-order valence-electron chi connectivity index (χ3n) is 4.73. The summed E-state index contributed by atoms with van der Waals surface area (Å²) in [5, 5.41) is 7.30. The number of aromatic nitrogens is 4. The minimum Gasteiger partial charge on any atom is -0.383 e. The Balaban J connectivity index is 1.54. The molecule has 8 nitrogen and oxygen atoms in total. The number of aliphatic imine (C=N–C) groups is 1. The molecule has 0 saturated heterocycles. The molecule has 1 aromatic carbocycles. The average molecular weight is 387 g/mol. The fraction of sp³-hybridized carbons (Fsp3) is 0.190. The zero-order chi connectivity index (χ0) is 20.2. The summed E-state index contributed by atoms with van der Waals surface area (Å²) in [6, 6.07) is 10.2. The number of carbonyl (C=O) groups is 1. The Kier molecular flexibility index (Phi) is 5.15. The number of benzene rings is 1. The quantitative estimate of drug-likeness (QED) is 0.631. The molecule has 3 aromatic rings. The Hall–Kier alpha value is -3.81. The largest absolute Gasteiger partial charge is 0.383 e. The lowest BCUT2D eigenvalue weighted by molar-refractivity contribution is -0.117. The molecule has 8 heteroatoms. The van der Waals surface area contributed by atoms with Crippen LogP contribution in [0.15, 0.2) is 66.7 Å². The van der Waals surface area contributed by atoms with E-state index in [1.165, 1.54) is 12.4 Å². The van der Waals surface area contributed by atoms with Crippen molar-refractivity contribution in [2.45, 2.75) is 25.4 Å². The molecule has 29 heavy (non-hydrogen) atoms. The summed E-state index contributed by atoms with van der Waals surface area (Å²) in [7, 11) is 0. The Morgan fingerprint density at radius 1 is 1.31 bits per heavy atom. The number of nitrogen functional groups attached to an aromatic ring is 1. The Morgan fingerprint density at radius 2 is 2.10 bits per heavy atom. The average Bonchev–Trinajstić information content (AvgIpc) is 3.14. The lowest BCUT2D eigenvalue weighted by atomic mass is 9.90. The maximum atomic E-state index is 11.4. The number of rotatable bonds is 6. The van der Waals surface area contributed by atoms with E-state index in [9.17, 15) is 4.79 Å². The van der Waals surface area contributed by atoms with Crippen LogP contribution in [0.25, 0.3) is 11.1 Å². The van der Waals surface area contributed by atoms with Gasteiger partial charge in [-0.2, -0.15) is 5.10 Å². The van der Waals surface area contributed by atoms with Crippen LogP contribution in [0.1, 0.15) is 18.4 Å². The molecule has 0 spiro atoms. The number of nitrogens with one attached hydrogen (secondary N) is 1. The van der Waals surface area contributed by atoms with Crippen LogP contribution in [-0.2, 0) is 11.3 Å². The minimum absolute atomic E-state index is 0.0792. The second kappa shape index (κ2) is 8.05. The number of anilines is 1. The molecule has 0 radical (unpaired) electrons. The van der Waals surface area contributed by atoms with Gasteiger partial charge in [0.1, 0.15) is 12.1 Å². The Bertz CT molecular complexity index is 1060. The van der Waals surface area contributed by atoms with Crippen molar-refractivity contribution in [3.8, 4) is 11.1 Å². The van der Waals surface area contributed by atoms with E-state index < -0.39 is 0 Å². The van der Waals surface area contributed by atoms with E-state index in [1.807, 2.05) is 29.1 Å². The minimum atomic E-state index is -0.174. The maximum absolute atomic E-state index is 11.4. The third kappa shape index (κ3) is 4.21. The van der Waals surface area contributed by atoms with Crippen LogP contribution >= 0.6 is 0 Å². The van der Waals surface area contributed by atoms with E-state index in [4.69, 9.17) is 5.73 Å². The van der Waals surface area contributed by atoms with Crippen molar-refractivity contribution in [2.24, 2.45) is 4.99 Å². The van der Waals surface area contributed by atoms with Crippen molar-refractivity contribution in [1.29, 1.82) is 0 Å². The predicted octanol–water partition coefficient (Wildman–Crippen LogP) is 2.51. The van der Waals surface area contributed by atoms with Crippen molar-refractivity contribution in [1.82, 2.24) is 25.1 Å². The van der Waals surface area contributed by atoms with Gasteiger partial charge in [-0.05, 0) is 11.6 Å². The lowest BCUT2D eigenvalue weighted by Gasteiger charge is -2.28. The highest BCUT2D eigenvalue weighted by atomic mass is 16.1. The molecule has 2 heterocycles. The van der Waals surface area contributed by atoms with Gasteiger partial charge in [-0.25, -0.2) is 15.0 Å². The van der Waals surface area contributed by atoms with Crippen LogP contribution in [0.2, 0.25) is 0 Å². The molecular formula is C21H21N7O. The molecule has 1 aliphatic carbocycles. The zero-order valence-corrected chi connectivity index (χ0v) is 15.8. The molecule has 0 bridgehead atoms. The highest BCUT2D eigenvalue weighted by Crippen LogP contribution is 2.33. The van der Waals surface area contributed by atoms with E-state index in [0.717, 1.165) is 16.8 Å². The van der Waals surface area contributed by atoms with Gasteiger partial charge in [-0.3, -0.25) is 9.48 Å². The summed E-state index contributed by atoms with van der Waals surface area (Å²) in [5.41, 5.74) is 9.72. The van der Waals surface area contributed by atoms with Gasteiger partial charge in [0, 0.05) is 36.4 Å². The highest BCUT2D eigenvalue weighted by Gasteiger charge is 2.26. The van der Waals surface area contributed by atoms with Crippen LogP contribution in [0.5, 0.6) is 0 Å². The smallest absolute Gasteiger partial charge is 0.243 e. The molecule has 4 rings (SSSR count). The van der Waals surface area contributed by atoms with E-state index in [-0.39, 0.29) is 11.9 Å². The van der Waals surface area contributed by atoms with Crippen LogP contribution in [0.4, 0.5) is 11.6 Å². The number of hydrogen-bond acceptors (Lipinski definition) is 6. The summed E-state index contributed by atoms with van der Waals surface area (Å²) >= 11 is 0. The molecule has 1 saturated carbocycles. The molecule has 3 N–H and O–H groups in total. The standard InChI is InChI=1S/C21H21N7O/c1-2-18(29)26-16-8-17(9-16)27-21-19(20(22)23-13-24-21)15-10-25-28(12-15)11-14-6-4-3-5-7-14/h2-7,10,12-13,16H,1,8-9,11H2,(H,26,29)(H2,22,23,24). The number of nitrogens with two attached hydrogens (primary N) is 1. The first-order valence-corrected chi connectivity index (χ1v) is 9.29. The van der Waals surface area contributed by atoms with Gasteiger partial charge in [0.05, 0.1) is 18.3 Å². The molecule has 1 aliphatic rings. The maximum Gasteiger partial charge on any atom is 0.243 e. The Labute approximate surface area is 168 Å². The summed E-state index contributed by atoms with van der Waals surface area (Å²) in [5.74, 6) is 0.696. The molecule has 2 aromatic heterocycles. The monoisotopic (exact) mass is 387 g/mol. The van der Waals surface area contributed by atoms with Crippen molar-refractivity contribution in [2.75, 3.05) is 5.73 Å². The first kappa shape index (κ1) is 18.5. The van der Waals surface area contributed by atoms with Gasteiger partial charge in [-0.15, -0.1) is 0 Å². The van der Waals surface area contributed by atoms with Crippen molar-refractivity contribution in [3.63, 3.8) is 0 Å². The Morgan fingerprint density at radius 3 is 2.86 bits per heavy atom. The van der Waals surface area contributed by atoms with E-state index in [2.05, 4.69) is 44.1 Å². The number of carbonyl (C=O) groups excluding carboxylic acids is 1. The molecule has 0 aliphatic heterocycles. The lowest BCUT2D eigenvalue weighted by Crippen LogP contribution is -2.44. The molecular weight excluding hydrogens is 366 g/mol. The summed E-state index contributed by atoms with van der Waals surface area (Å²) in [4.78, 5) is 24.5. The van der Waals surface area contributed by atoms with Gasteiger partial charge in [-0.1, -0.05) is 36.9 Å². The second-order valence-electron chi connectivity index (χ2n) is 6.87. The number of nitrogens with zero attached hydrogens (tertiary/aromatic N) is 5. The highest BCUT2D eigenvalue weighted by molar-refractivity contribution is 5.97. The van der Waals surface area contributed by atoms with Crippen molar-refractivity contribution < 1.29 is 4.79 Å². The number of hydrogen-bond donors (Lipinski definition) is 2. The second-order valence-corrected chi connectivity index (χ2v) is 6.87. The topological polar surface area (TPSA) is 111 Å². The van der Waals surface area contributed by atoms with Crippen molar-refractivity contribution >= 4 is 23.3 Å². The van der Waals surface area contributed by atoms with Gasteiger partial charge < -0.3 is 11.1 Å². The van der Waals surface area contributed by atoms with Gasteiger partial charge >= 0.3 is 0 Å². The van der Waals surface area contributed by atoms with Gasteiger partial charge in [0.15, 0.2) is 5.82 Å². The van der Waals surface area contributed by atoms with Gasteiger partial charge in [0.2, 0.25) is 5.91 Å². The zero-order valence-electron chi connectivity index (χ0n) is 15.8. The van der Waals surface area contributed by atoms with Crippen LogP contribution < -0.4 is 11.1 Å². The van der Waals surface area contributed by atoms with Gasteiger partial charge in [0.25, 0.3) is 0 Å². The van der Waals surface area contributed by atoms with E-state index in [1.54, 1.807) is 6.20 Å². The summed E-state index contributed by atoms with van der Waals surface area (Å²) < 4.78 is 1.85. The van der Waals surface area contributed by atoms with Crippen molar-refractivity contribution in [3.05, 3.63) is 67.3 Å². The van der Waals surface area contributed by atoms with E-state index >= 15 is 0 Å². The normalized spacial score (nSPS) is 15.4. The molecule has 0 unspecified atom stereocenters. The summed E-state index contributed by atoms with van der Waals surface area (Å²) in [6.07, 6.45) is 7.69. The number of amides is 1. The predicted molar refractivity (Wildman–Crippen MR) is 112 cm³/mol. The van der Waals surface area contributed by atoms with Crippen LogP contribution in [0, 0.1) is 0 Å². The van der Waals surface area contributed by atoms with Crippen LogP contribution in [0.3, 0.4) is 0 Å². The third-order valence-corrected chi connectivity index (χ3v) is 4.73. The molecule has 1 fully saturated rings.